The number of carboxylic acids is 1. The van der Waals surface area contributed by atoms with Crippen molar-refractivity contribution in [3.05, 3.63) is 70.7 Å². The van der Waals surface area contributed by atoms with Gasteiger partial charge in [0.2, 0.25) is 23.7 Å². The monoisotopic (exact) mass is 895 g/mol. The van der Waals surface area contributed by atoms with Gasteiger partial charge in [-0.1, -0.05) is 42.2 Å². The number of aliphatic carboxylic acids is 1. The number of anilines is 2. The summed E-state index contributed by atoms with van der Waals surface area (Å²) < 4.78 is 8.44. The van der Waals surface area contributed by atoms with Crippen molar-refractivity contribution in [1.29, 1.82) is 0 Å². The highest BCUT2D eigenvalue weighted by molar-refractivity contribution is 5.93. The van der Waals surface area contributed by atoms with Gasteiger partial charge in [-0.05, 0) is 26.1 Å². The number of nitrogens with two attached hydrogens (primary N) is 3. The Kier molecular flexibility index (Phi) is 15.8. The van der Waals surface area contributed by atoms with Crippen molar-refractivity contribution in [2.45, 2.75) is 44.4 Å². The number of carbonyl (C=O) groups is 5. The van der Waals surface area contributed by atoms with Gasteiger partial charge in [-0.25, -0.2) is 15.0 Å². The number of aromatic amines is 1. The van der Waals surface area contributed by atoms with E-state index in [2.05, 4.69) is 71.1 Å². The molecule has 4 aromatic heterocycles. The molecular weight excluding hydrogens is 843 g/mol. The van der Waals surface area contributed by atoms with Crippen LogP contribution >= 0.6 is 0 Å². The molecule has 1 aliphatic heterocycles. The average Bonchev–Trinajstić information content (AvgIpc) is 3.83. The van der Waals surface area contributed by atoms with Crippen LogP contribution in [0.25, 0.3) is 22.2 Å². The molecule has 0 spiro atoms. The van der Waals surface area contributed by atoms with Gasteiger partial charge in [0, 0.05) is 57.9 Å². The minimum Gasteiger partial charge on any atom is -0.480 e. The minimum absolute atomic E-state index is 0.0153. The van der Waals surface area contributed by atoms with Gasteiger partial charge >= 0.3 is 11.9 Å². The van der Waals surface area contributed by atoms with E-state index < -0.39 is 42.3 Å². The van der Waals surface area contributed by atoms with Gasteiger partial charge in [0.15, 0.2) is 11.2 Å². The maximum absolute atomic E-state index is 13.6. The van der Waals surface area contributed by atoms with Crippen LogP contribution in [0.5, 0.6) is 0 Å². The molecule has 1 aromatic carbocycles. The molecule has 23 heteroatoms. The Morgan fingerprint density at radius 2 is 1.65 bits per heavy atom. The highest BCUT2D eigenvalue weighted by atomic mass is 16.5. The molecule has 65 heavy (non-hydrogen) atoms. The van der Waals surface area contributed by atoms with Crippen LogP contribution in [0.15, 0.2) is 54.0 Å². The Labute approximate surface area is 372 Å². The number of hydrogen-bond donors (Lipinski definition) is 6. The number of nitrogens with zero attached hydrogens (tertiary/aromatic N) is 10. The number of carbonyl (C=O) groups excluding carboxylic acids is 4. The molecule has 5 aromatic rings. The lowest BCUT2D eigenvalue weighted by atomic mass is 10.0. The van der Waals surface area contributed by atoms with E-state index in [0.717, 1.165) is 24.4 Å². The largest absolute Gasteiger partial charge is 0.480 e. The summed E-state index contributed by atoms with van der Waals surface area (Å²) in [5.41, 5.74) is 19.0. The number of ether oxygens (including phenoxy) is 1. The summed E-state index contributed by atoms with van der Waals surface area (Å²) in [7, 11) is 4.13. The van der Waals surface area contributed by atoms with Gasteiger partial charge in [-0.2, -0.15) is 4.98 Å². The predicted octanol–water partition coefficient (Wildman–Crippen LogP) is -1.92. The summed E-state index contributed by atoms with van der Waals surface area (Å²) in [4.78, 5) is 102. The van der Waals surface area contributed by atoms with Crippen LogP contribution in [0.2, 0.25) is 0 Å². The molecule has 23 nitrogen and oxygen atoms in total. The highest BCUT2D eigenvalue weighted by Gasteiger charge is 2.30. The van der Waals surface area contributed by atoms with Crippen molar-refractivity contribution >= 4 is 63.6 Å². The van der Waals surface area contributed by atoms with Crippen molar-refractivity contribution in [2.75, 3.05) is 84.5 Å². The van der Waals surface area contributed by atoms with Crippen LogP contribution in [0, 0.1) is 11.8 Å². The number of H-pyrrole nitrogens is 1. The third-order valence-corrected chi connectivity index (χ3v) is 10.9. The number of likely N-dealkylation sites (N-methyl/N-ethyl adjacent to an activating group) is 2. The smallest absolute Gasteiger partial charge is 0.323 e. The first-order chi connectivity index (χ1) is 31.2. The van der Waals surface area contributed by atoms with Gasteiger partial charge < -0.3 is 56.2 Å². The summed E-state index contributed by atoms with van der Waals surface area (Å²) >= 11 is 0. The quantitative estimate of drug-likeness (QED) is 0.0389. The van der Waals surface area contributed by atoms with E-state index in [1.165, 1.54) is 32.3 Å². The molecule has 6 rings (SSSR count). The fraction of sp³-hybridized carbons (Fsp3) is 0.429. The number of rotatable bonds is 19. The van der Waals surface area contributed by atoms with Crippen molar-refractivity contribution in [1.82, 2.24) is 59.0 Å². The first-order valence-corrected chi connectivity index (χ1v) is 20.8. The van der Waals surface area contributed by atoms with Gasteiger partial charge in [-0.3, -0.25) is 38.7 Å². The van der Waals surface area contributed by atoms with Gasteiger partial charge in [-0.15, -0.1) is 0 Å². The van der Waals surface area contributed by atoms with Crippen LogP contribution in [0.4, 0.5) is 11.8 Å². The molecule has 2 unspecified atom stereocenters. The van der Waals surface area contributed by atoms with Crippen LogP contribution in [0.3, 0.4) is 0 Å². The third-order valence-electron chi connectivity index (χ3n) is 10.9. The minimum atomic E-state index is -1.28. The molecule has 2 atom stereocenters. The summed E-state index contributed by atoms with van der Waals surface area (Å²) in [6.07, 6.45) is 5.21. The van der Waals surface area contributed by atoms with Crippen molar-refractivity contribution in [2.24, 2.45) is 5.73 Å². The first kappa shape index (κ1) is 47.1. The SMILES string of the molecule is CN1CC(Cc2ccccc2)N(C)CC1COC(=O)CCC#Cc1cn(CC(=O)N(CCNC(=O)CN(CCN)C(=O)Cn2cnc3c(=O)[nH]c(N)nc32)CC(=O)O)c2ncnc(N)c12. The van der Waals surface area contributed by atoms with Gasteiger partial charge in [0.1, 0.15) is 44.0 Å². The molecule has 1 fully saturated rings. The van der Waals surface area contributed by atoms with E-state index in [1.54, 1.807) is 6.20 Å². The molecular formula is C42H53N15O8. The van der Waals surface area contributed by atoms with Crippen LogP contribution < -0.4 is 28.1 Å². The maximum Gasteiger partial charge on any atom is 0.323 e. The Morgan fingerprint density at radius 1 is 0.938 bits per heavy atom. The number of nitrogen functional groups attached to an aromatic ring is 2. The zero-order valence-electron chi connectivity index (χ0n) is 36.2. The lowest BCUT2D eigenvalue weighted by Crippen LogP contribution is -2.57. The Bertz CT molecular complexity index is 2640. The number of imidazole rings is 1. The Morgan fingerprint density at radius 3 is 2.38 bits per heavy atom. The van der Waals surface area contributed by atoms with Crippen LogP contribution in [-0.2, 0) is 48.2 Å². The number of hydrogen-bond acceptors (Lipinski definition) is 16. The summed E-state index contributed by atoms with van der Waals surface area (Å²) in [6.45, 7) is -0.170. The summed E-state index contributed by atoms with van der Waals surface area (Å²) in [5.74, 6) is 2.54. The van der Waals surface area contributed by atoms with E-state index in [0.29, 0.717) is 17.0 Å². The summed E-state index contributed by atoms with van der Waals surface area (Å²) in [5, 5.41) is 12.6. The van der Waals surface area contributed by atoms with E-state index >= 15 is 0 Å². The number of esters is 1. The number of piperazine rings is 1. The number of carboxylic acid groups (broad SMARTS) is 1. The third kappa shape index (κ3) is 12.4. The summed E-state index contributed by atoms with van der Waals surface area (Å²) in [6, 6.07) is 10.8. The average molecular weight is 896 g/mol. The van der Waals surface area contributed by atoms with Gasteiger partial charge in [0.05, 0.1) is 36.3 Å². The first-order valence-electron chi connectivity index (χ1n) is 20.8. The van der Waals surface area contributed by atoms with E-state index in [-0.39, 0.29) is 99.3 Å². The zero-order chi connectivity index (χ0) is 46.6. The number of nitrogens with one attached hydrogen (secondary N) is 2. The molecule has 0 saturated carbocycles. The van der Waals surface area contributed by atoms with E-state index in [1.807, 2.05) is 25.2 Å². The fourth-order valence-corrected chi connectivity index (χ4v) is 7.51. The Balaban J connectivity index is 1.00. The standard InChI is InChI=1S/C42H53N15O8/c1-52-19-30(53(2)18-29(52)16-27-8-4-3-5-9-27)24-65-35(63)11-7-6-10-28-17-56(39-36(28)38(44)47-25-48-39)21-32(59)55(23-34(61)62)15-13-46-31(58)20-54(14-12-43)33(60)22-57-26-49-37-40(57)50-42(45)51-41(37)64/h3-5,8-9,17,25-26,29-30H,7,11-16,18-24,43H2,1-2H3,(H,46,58)(H,61,62)(H2,44,47,48)(H3,45,50,51,64). The Hall–Kier alpha value is -7.42. The molecule has 1 aliphatic rings. The van der Waals surface area contributed by atoms with Crippen molar-refractivity contribution in [3.8, 4) is 11.8 Å². The molecule has 0 aliphatic carbocycles. The number of amides is 3. The van der Waals surface area contributed by atoms with Crippen LogP contribution in [0.1, 0.15) is 24.0 Å². The molecule has 0 bridgehead atoms. The fourth-order valence-electron chi connectivity index (χ4n) is 7.51. The number of aromatic nitrogens is 7. The zero-order valence-corrected chi connectivity index (χ0v) is 36.2. The molecule has 5 heterocycles. The number of fused-ring (bicyclic) bond motifs is 2. The molecule has 344 valence electrons. The topological polar surface area (TPSA) is 312 Å². The number of benzene rings is 1. The van der Waals surface area contributed by atoms with Crippen molar-refractivity contribution < 1.29 is 33.8 Å². The second kappa shape index (κ2) is 21.8. The molecule has 1 saturated heterocycles. The molecule has 9 N–H and O–H groups in total. The molecule has 3 amide bonds. The van der Waals surface area contributed by atoms with E-state index in [9.17, 15) is 33.9 Å². The lowest BCUT2D eigenvalue weighted by Gasteiger charge is -2.43. The van der Waals surface area contributed by atoms with Gasteiger partial charge in [0.25, 0.3) is 5.56 Å². The lowest BCUT2D eigenvalue weighted by molar-refractivity contribution is -0.146. The van der Waals surface area contributed by atoms with E-state index in [4.69, 9.17) is 21.9 Å². The highest BCUT2D eigenvalue weighted by Crippen LogP contribution is 2.24. The van der Waals surface area contributed by atoms with Crippen LogP contribution in [-0.4, -0.2) is 174 Å². The second-order valence-electron chi connectivity index (χ2n) is 15.6. The normalized spacial score (nSPS) is 15.3. The maximum atomic E-state index is 13.6. The predicted molar refractivity (Wildman–Crippen MR) is 237 cm³/mol. The molecule has 0 radical (unpaired) electrons. The second-order valence-corrected chi connectivity index (χ2v) is 15.6. The van der Waals surface area contributed by atoms with Crippen molar-refractivity contribution in [3.63, 3.8) is 0 Å².